The van der Waals surface area contributed by atoms with Gasteiger partial charge in [-0.2, -0.15) is 0 Å². The van der Waals surface area contributed by atoms with Crippen LogP contribution in [0.2, 0.25) is 0 Å². The Kier molecular flexibility index (Phi) is 19.4. The first-order valence-corrected chi connectivity index (χ1v) is 16.2. The van der Waals surface area contributed by atoms with Gasteiger partial charge in [-0.3, -0.25) is 28.8 Å². The molecule has 0 radical (unpaired) electrons. The second-order valence-corrected chi connectivity index (χ2v) is 13.2. The third-order valence-electron chi connectivity index (χ3n) is 7.64. The molecule has 0 aliphatic carbocycles. The minimum atomic E-state index is -1.21. The zero-order chi connectivity index (χ0) is 36.6. The zero-order valence-electron chi connectivity index (χ0n) is 29.1. The molecular formula is C31H58N8O8. The van der Waals surface area contributed by atoms with Crippen molar-refractivity contribution in [2.24, 2.45) is 40.9 Å². The molecule has 47 heavy (non-hydrogen) atoms. The molecule has 0 spiro atoms. The molecule has 0 aromatic carbocycles. The van der Waals surface area contributed by atoms with Crippen LogP contribution in [0.4, 0.5) is 0 Å². The number of carbonyl (C=O) groups excluding carboxylic acids is 6. The second kappa shape index (κ2) is 21.2. The van der Waals surface area contributed by atoms with Gasteiger partial charge in [-0.15, -0.1) is 0 Å². The number of nitrogens with one attached hydrogen (secondary N) is 5. The van der Waals surface area contributed by atoms with Crippen LogP contribution in [0.25, 0.3) is 0 Å². The Hall–Kier alpha value is -3.79. The smallest absolute Gasteiger partial charge is 0.326 e. The van der Waals surface area contributed by atoms with Gasteiger partial charge in [-0.05, 0) is 55.9 Å². The summed E-state index contributed by atoms with van der Waals surface area (Å²) < 4.78 is 0. The molecule has 6 amide bonds. The van der Waals surface area contributed by atoms with Crippen LogP contribution in [0.3, 0.4) is 0 Å². The van der Waals surface area contributed by atoms with E-state index >= 15 is 0 Å². The summed E-state index contributed by atoms with van der Waals surface area (Å²) >= 11 is 0. The Labute approximate surface area is 277 Å². The van der Waals surface area contributed by atoms with Gasteiger partial charge in [-0.1, -0.05) is 55.4 Å². The molecule has 0 aliphatic heterocycles. The van der Waals surface area contributed by atoms with Crippen LogP contribution in [0, 0.1) is 23.7 Å². The zero-order valence-corrected chi connectivity index (χ0v) is 29.1. The first-order valence-electron chi connectivity index (χ1n) is 16.2. The van der Waals surface area contributed by atoms with Crippen LogP contribution in [0.15, 0.2) is 0 Å². The van der Waals surface area contributed by atoms with E-state index in [1.165, 1.54) is 0 Å². The molecule has 0 saturated carbocycles. The predicted molar refractivity (Wildman–Crippen MR) is 176 cm³/mol. The lowest BCUT2D eigenvalue weighted by Crippen LogP contribution is -2.61. The van der Waals surface area contributed by atoms with Gasteiger partial charge in [0, 0.05) is 6.42 Å². The number of nitrogens with two attached hydrogens (primary N) is 3. The van der Waals surface area contributed by atoms with Gasteiger partial charge in [-0.25, -0.2) is 4.79 Å². The van der Waals surface area contributed by atoms with E-state index in [0.29, 0.717) is 19.4 Å². The number of carboxylic acid groups (broad SMARTS) is 1. The molecule has 0 unspecified atom stereocenters. The fourth-order valence-electron chi connectivity index (χ4n) is 4.48. The Morgan fingerprint density at radius 1 is 0.553 bits per heavy atom. The summed E-state index contributed by atoms with van der Waals surface area (Å²) in [6, 6.07) is -6.70. The van der Waals surface area contributed by atoms with E-state index in [1.807, 2.05) is 0 Å². The average molecular weight is 671 g/mol. The Balaban J connectivity index is 5.90. The maximum Gasteiger partial charge on any atom is 0.326 e. The van der Waals surface area contributed by atoms with E-state index < -0.39 is 95.4 Å². The number of rotatable bonds is 22. The van der Waals surface area contributed by atoms with Gasteiger partial charge in [0.2, 0.25) is 35.4 Å². The molecule has 0 rings (SSSR count). The van der Waals surface area contributed by atoms with Crippen molar-refractivity contribution in [3.05, 3.63) is 0 Å². The Bertz CT molecular complexity index is 1080. The molecule has 270 valence electrons. The molecule has 16 heteroatoms. The van der Waals surface area contributed by atoms with Gasteiger partial charge >= 0.3 is 5.97 Å². The van der Waals surface area contributed by atoms with Gasteiger partial charge < -0.3 is 48.9 Å². The molecule has 0 fully saturated rings. The minimum Gasteiger partial charge on any atom is -0.480 e. The number of carboxylic acids is 1. The largest absolute Gasteiger partial charge is 0.480 e. The maximum atomic E-state index is 13.5. The van der Waals surface area contributed by atoms with Gasteiger partial charge in [0.25, 0.3) is 0 Å². The fraction of sp³-hybridized carbons (Fsp3) is 0.774. The Morgan fingerprint density at radius 3 is 1.32 bits per heavy atom. The lowest BCUT2D eigenvalue weighted by atomic mass is 9.97. The summed E-state index contributed by atoms with van der Waals surface area (Å²) in [5.74, 6) is -6.90. The van der Waals surface area contributed by atoms with E-state index in [2.05, 4.69) is 26.6 Å². The van der Waals surface area contributed by atoms with E-state index in [1.54, 1.807) is 55.4 Å². The third-order valence-corrected chi connectivity index (χ3v) is 7.64. The number of primary amides is 1. The van der Waals surface area contributed by atoms with E-state index in [9.17, 15) is 38.7 Å². The molecule has 0 saturated heterocycles. The van der Waals surface area contributed by atoms with Gasteiger partial charge in [0.15, 0.2) is 0 Å². The van der Waals surface area contributed by atoms with Crippen LogP contribution in [0.1, 0.15) is 87.5 Å². The van der Waals surface area contributed by atoms with Crippen molar-refractivity contribution in [3.63, 3.8) is 0 Å². The average Bonchev–Trinajstić information content (AvgIpc) is 2.97. The second-order valence-electron chi connectivity index (χ2n) is 13.2. The monoisotopic (exact) mass is 670 g/mol. The molecule has 0 aromatic rings. The highest BCUT2D eigenvalue weighted by Crippen LogP contribution is 2.11. The molecule has 0 aromatic heterocycles. The van der Waals surface area contributed by atoms with Crippen molar-refractivity contribution in [3.8, 4) is 0 Å². The van der Waals surface area contributed by atoms with Crippen molar-refractivity contribution < 1.29 is 38.7 Å². The molecule has 0 heterocycles. The fourth-order valence-corrected chi connectivity index (χ4v) is 4.48. The van der Waals surface area contributed by atoms with Gasteiger partial charge in [0.1, 0.15) is 30.2 Å². The normalized spacial score (nSPS) is 15.3. The van der Waals surface area contributed by atoms with Gasteiger partial charge in [0.05, 0.1) is 6.04 Å². The minimum absolute atomic E-state index is 0.129. The molecule has 16 nitrogen and oxygen atoms in total. The quantitative estimate of drug-likeness (QED) is 0.0623. The summed E-state index contributed by atoms with van der Waals surface area (Å²) in [6.45, 7) is 13.9. The first kappa shape index (κ1) is 43.2. The number of carbonyl (C=O) groups is 7. The lowest BCUT2D eigenvalue weighted by molar-refractivity contribution is -0.143. The van der Waals surface area contributed by atoms with Crippen LogP contribution in [-0.2, 0) is 33.6 Å². The maximum absolute atomic E-state index is 13.5. The van der Waals surface area contributed by atoms with Crippen LogP contribution in [-0.4, -0.2) is 89.3 Å². The van der Waals surface area contributed by atoms with Crippen molar-refractivity contribution in [1.29, 1.82) is 0 Å². The van der Waals surface area contributed by atoms with Crippen molar-refractivity contribution in [1.82, 2.24) is 26.6 Å². The number of amides is 6. The van der Waals surface area contributed by atoms with Crippen LogP contribution >= 0.6 is 0 Å². The molecule has 6 atom stereocenters. The topological polar surface area (TPSA) is 278 Å². The highest BCUT2D eigenvalue weighted by Gasteiger charge is 2.35. The molecular weight excluding hydrogens is 612 g/mol. The highest BCUT2D eigenvalue weighted by atomic mass is 16.4. The van der Waals surface area contributed by atoms with E-state index in [-0.39, 0.29) is 25.2 Å². The van der Waals surface area contributed by atoms with E-state index in [0.717, 1.165) is 0 Å². The third kappa shape index (κ3) is 15.6. The summed E-state index contributed by atoms with van der Waals surface area (Å²) in [5, 5.41) is 22.5. The first-order chi connectivity index (χ1) is 21.7. The number of hydrogen-bond acceptors (Lipinski definition) is 9. The summed E-state index contributed by atoms with van der Waals surface area (Å²) in [4.78, 5) is 89.1. The molecule has 0 aliphatic rings. The van der Waals surface area contributed by atoms with Crippen molar-refractivity contribution >= 4 is 41.4 Å². The Morgan fingerprint density at radius 2 is 0.957 bits per heavy atom. The van der Waals surface area contributed by atoms with Crippen LogP contribution in [0.5, 0.6) is 0 Å². The van der Waals surface area contributed by atoms with Crippen LogP contribution < -0.4 is 43.8 Å². The summed E-state index contributed by atoms with van der Waals surface area (Å²) in [7, 11) is 0. The molecule has 0 bridgehead atoms. The van der Waals surface area contributed by atoms with Crippen molar-refractivity contribution in [2.75, 3.05) is 6.54 Å². The molecule has 12 N–H and O–H groups in total. The van der Waals surface area contributed by atoms with Crippen molar-refractivity contribution in [2.45, 2.75) is 124 Å². The lowest BCUT2D eigenvalue weighted by Gasteiger charge is -2.30. The standard InChI is InChI=1S/C31H58N8O8/c1-15(2)22(34)27(42)35-19(12-13-21(33)40)26(41)37-24(17(5)6)29(44)39-25(18(7)8)30(45)38-23(16(3)4)28(43)36-20(31(46)47)11-9-10-14-32/h15-20,22-25H,9-14,32,34H2,1-8H3,(H2,33,40)(H,35,42)(H,36,43)(H,37,41)(H,38,45)(H,39,44)(H,46,47)/t19-,20-,22-,23-,24-,25-/m0/s1. The SMILES string of the molecule is CC(C)[C@H](N)C(=O)N[C@@H](CCC(N)=O)C(=O)N[C@H](C(=O)N[C@H](C(=O)N[C@H](C(=O)N[C@@H](CCCCN)C(=O)O)C(C)C)C(C)C)C(C)C. The predicted octanol–water partition coefficient (Wildman–Crippen LogP) is -1.16. The summed E-state index contributed by atoms with van der Waals surface area (Å²) in [5.41, 5.74) is 16.7. The highest BCUT2D eigenvalue weighted by molar-refractivity contribution is 5.96. The summed E-state index contributed by atoms with van der Waals surface area (Å²) in [6.07, 6.45) is 0.907. The number of hydrogen-bond donors (Lipinski definition) is 9. The van der Waals surface area contributed by atoms with E-state index in [4.69, 9.17) is 17.2 Å². The number of unbranched alkanes of at least 4 members (excludes halogenated alkanes) is 1. The number of aliphatic carboxylic acids is 1.